The lowest BCUT2D eigenvalue weighted by atomic mass is 10.0. The van der Waals surface area contributed by atoms with E-state index in [0.717, 1.165) is 12.8 Å². The summed E-state index contributed by atoms with van der Waals surface area (Å²) in [5.41, 5.74) is 0. The van der Waals surface area contributed by atoms with Crippen molar-refractivity contribution in [2.45, 2.75) is 51.4 Å². The topological polar surface area (TPSA) is 37.4 Å². The molecule has 0 atom stereocenters. The molecule has 0 rings (SSSR count). The predicted molar refractivity (Wildman–Crippen MR) is 62.0 cm³/mol. The molecular weight excluding hydrogens is 228 g/mol. The highest BCUT2D eigenvalue weighted by Crippen LogP contribution is 2.24. The van der Waals surface area contributed by atoms with Crippen molar-refractivity contribution in [2.75, 3.05) is 14.1 Å². The minimum Gasteiger partial charge on any atom is -0.349 e. The molecule has 0 spiro atoms. The number of rotatable bonds is 8. The summed E-state index contributed by atoms with van der Waals surface area (Å²) in [6.45, 7) is 1.94. The number of carbonyl (C=O) groups is 2. The fourth-order valence-electron chi connectivity index (χ4n) is 1.35. The summed E-state index contributed by atoms with van der Waals surface area (Å²) in [5.74, 6) is -4.79. The summed E-state index contributed by atoms with van der Waals surface area (Å²) in [6, 6.07) is 0. The standard InChI is InChI=1S/C12H21F2NO2/c1-4-5-6-7-10(16)12(13,14)9-8-11(17)15(2)3/h4-9H2,1-3H3. The van der Waals surface area contributed by atoms with Crippen LogP contribution in [0.25, 0.3) is 0 Å². The van der Waals surface area contributed by atoms with Gasteiger partial charge in [-0.1, -0.05) is 19.8 Å². The van der Waals surface area contributed by atoms with Crippen molar-refractivity contribution in [2.24, 2.45) is 0 Å². The number of unbranched alkanes of at least 4 members (excludes halogenated alkanes) is 2. The first-order valence-corrected chi connectivity index (χ1v) is 5.92. The third-order valence-electron chi connectivity index (χ3n) is 2.57. The van der Waals surface area contributed by atoms with Gasteiger partial charge in [-0.2, -0.15) is 8.78 Å². The molecule has 0 fully saturated rings. The second kappa shape index (κ2) is 7.35. The summed E-state index contributed by atoms with van der Waals surface area (Å²) in [7, 11) is 3.01. The first-order chi connectivity index (χ1) is 7.81. The van der Waals surface area contributed by atoms with Crippen molar-refractivity contribution in [1.29, 1.82) is 0 Å². The van der Waals surface area contributed by atoms with Crippen LogP contribution < -0.4 is 0 Å². The molecule has 0 saturated heterocycles. The number of Topliss-reactive ketones (excluding diaryl/α,β-unsaturated/α-hetero) is 1. The largest absolute Gasteiger partial charge is 0.349 e. The number of hydrogen-bond acceptors (Lipinski definition) is 2. The maximum absolute atomic E-state index is 13.3. The van der Waals surface area contributed by atoms with Gasteiger partial charge in [-0.05, 0) is 6.42 Å². The van der Waals surface area contributed by atoms with Crippen LogP contribution in [0.2, 0.25) is 0 Å². The minimum atomic E-state index is -3.36. The highest BCUT2D eigenvalue weighted by Gasteiger charge is 2.37. The van der Waals surface area contributed by atoms with E-state index in [0.29, 0.717) is 6.42 Å². The Morgan fingerprint density at radius 3 is 2.18 bits per heavy atom. The van der Waals surface area contributed by atoms with E-state index in [4.69, 9.17) is 0 Å². The predicted octanol–water partition coefficient (Wildman–Crippen LogP) is 2.64. The van der Waals surface area contributed by atoms with Crippen molar-refractivity contribution in [3.8, 4) is 0 Å². The van der Waals surface area contributed by atoms with E-state index in [9.17, 15) is 18.4 Å². The van der Waals surface area contributed by atoms with E-state index in [1.807, 2.05) is 6.92 Å². The number of halogens is 2. The van der Waals surface area contributed by atoms with E-state index >= 15 is 0 Å². The van der Waals surface area contributed by atoms with E-state index < -0.39 is 18.1 Å². The van der Waals surface area contributed by atoms with Crippen LogP contribution in [0.15, 0.2) is 0 Å². The molecule has 0 radical (unpaired) electrons. The third-order valence-corrected chi connectivity index (χ3v) is 2.57. The number of alkyl halides is 2. The Kier molecular flexibility index (Phi) is 6.92. The zero-order valence-corrected chi connectivity index (χ0v) is 10.8. The van der Waals surface area contributed by atoms with Gasteiger partial charge in [0.25, 0.3) is 0 Å². The molecule has 17 heavy (non-hydrogen) atoms. The molecule has 1 amide bonds. The molecule has 0 aromatic heterocycles. The molecule has 0 saturated carbocycles. The van der Waals surface area contributed by atoms with Crippen molar-refractivity contribution >= 4 is 11.7 Å². The summed E-state index contributed by atoms with van der Waals surface area (Å²) in [5, 5.41) is 0. The van der Waals surface area contributed by atoms with E-state index in [1.165, 1.54) is 19.0 Å². The number of ketones is 1. The lowest BCUT2D eigenvalue weighted by molar-refractivity contribution is -0.145. The van der Waals surface area contributed by atoms with Gasteiger partial charge in [0.15, 0.2) is 0 Å². The fourth-order valence-corrected chi connectivity index (χ4v) is 1.35. The molecule has 0 aromatic carbocycles. The molecular formula is C12H21F2NO2. The van der Waals surface area contributed by atoms with Crippen LogP contribution in [-0.2, 0) is 9.59 Å². The minimum absolute atomic E-state index is 0.100. The Morgan fingerprint density at radius 2 is 1.71 bits per heavy atom. The number of carbonyl (C=O) groups excluding carboxylic acids is 2. The Hall–Kier alpha value is -1.00. The number of amides is 1. The van der Waals surface area contributed by atoms with Crippen LogP contribution in [0, 0.1) is 0 Å². The zero-order chi connectivity index (χ0) is 13.5. The van der Waals surface area contributed by atoms with Crippen LogP contribution >= 0.6 is 0 Å². The number of hydrogen-bond donors (Lipinski definition) is 0. The highest BCUT2D eigenvalue weighted by molar-refractivity contribution is 5.86. The Morgan fingerprint density at radius 1 is 1.12 bits per heavy atom. The van der Waals surface area contributed by atoms with E-state index in [1.54, 1.807) is 0 Å². The van der Waals surface area contributed by atoms with Crippen molar-refractivity contribution in [1.82, 2.24) is 4.90 Å². The first kappa shape index (κ1) is 16.0. The molecule has 0 bridgehead atoms. The molecule has 0 aliphatic rings. The normalized spacial score (nSPS) is 11.4. The van der Waals surface area contributed by atoms with Crippen LogP contribution in [0.3, 0.4) is 0 Å². The Labute approximate surface area is 101 Å². The van der Waals surface area contributed by atoms with Crippen molar-refractivity contribution in [3.05, 3.63) is 0 Å². The highest BCUT2D eigenvalue weighted by atomic mass is 19.3. The van der Waals surface area contributed by atoms with Gasteiger partial charge in [0.05, 0.1) is 0 Å². The quantitative estimate of drug-likeness (QED) is 0.620. The maximum atomic E-state index is 13.3. The zero-order valence-electron chi connectivity index (χ0n) is 10.8. The van der Waals surface area contributed by atoms with Gasteiger partial charge >= 0.3 is 5.92 Å². The van der Waals surface area contributed by atoms with Crippen LogP contribution in [0.4, 0.5) is 8.78 Å². The lowest BCUT2D eigenvalue weighted by Crippen LogP contribution is -2.31. The summed E-state index contributed by atoms with van der Waals surface area (Å²) >= 11 is 0. The SMILES string of the molecule is CCCCCC(=O)C(F)(F)CCC(=O)N(C)C. The second-order valence-corrected chi connectivity index (χ2v) is 4.37. The van der Waals surface area contributed by atoms with E-state index in [-0.39, 0.29) is 18.7 Å². The monoisotopic (exact) mass is 249 g/mol. The first-order valence-electron chi connectivity index (χ1n) is 5.92. The molecule has 5 heteroatoms. The van der Waals surface area contributed by atoms with Gasteiger partial charge in [-0.3, -0.25) is 9.59 Å². The van der Waals surface area contributed by atoms with Crippen LogP contribution in [0.1, 0.15) is 45.4 Å². The molecule has 0 aliphatic carbocycles. The second-order valence-electron chi connectivity index (χ2n) is 4.37. The Bertz CT molecular complexity index is 265. The van der Waals surface area contributed by atoms with Gasteiger partial charge in [-0.25, -0.2) is 0 Å². The molecule has 100 valence electrons. The van der Waals surface area contributed by atoms with E-state index in [2.05, 4.69) is 0 Å². The molecule has 0 heterocycles. The molecule has 0 N–H and O–H groups in total. The molecule has 0 unspecified atom stereocenters. The van der Waals surface area contributed by atoms with Gasteiger partial charge < -0.3 is 4.90 Å². The molecule has 3 nitrogen and oxygen atoms in total. The number of nitrogens with zero attached hydrogens (tertiary/aromatic N) is 1. The maximum Gasteiger partial charge on any atom is 0.305 e. The van der Waals surface area contributed by atoms with Crippen LogP contribution in [-0.4, -0.2) is 36.6 Å². The van der Waals surface area contributed by atoms with Gasteiger partial charge in [-0.15, -0.1) is 0 Å². The average Bonchev–Trinajstić information content (AvgIpc) is 2.25. The lowest BCUT2D eigenvalue weighted by Gasteiger charge is -2.16. The van der Waals surface area contributed by atoms with Crippen LogP contribution in [0.5, 0.6) is 0 Å². The fraction of sp³-hybridized carbons (Fsp3) is 0.833. The smallest absolute Gasteiger partial charge is 0.305 e. The van der Waals surface area contributed by atoms with Crippen molar-refractivity contribution < 1.29 is 18.4 Å². The van der Waals surface area contributed by atoms with Gasteiger partial charge in [0.2, 0.25) is 11.7 Å². The Balaban J connectivity index is 4.08. The summed E-state index contributed by atoms with van der Waals surface area (Å²) in [6.07, 6.45) is 1.08. The molecule has 0 aromatic rings. The van der Waals surface area contributed by atoms with Gasteiger partial charge in [0.1, 0.15) is 0 Å². The summed E-state index contributed by atoms with van der Waals surface area (Å²) < 4.78 is 26.7. The van der Waals surface area contributed by atoms with Crippen molar-refractivity contribution in [3.63, 3.8) is 0 Å². The van der Waals surface area contributed by atoms with Gasteiger partial charge in [0, 0.05) is 33.4 Å². The molecule has 0 aliphatic heterocycles. The summed E-state index contributed by atoms with van der Waals surface area (Å²) in [4.78, 5) is 23.6. The third kappa shape index (κ3) is 6.34. The average molecular weight is 249 g/mol.